The van der Waals surface area contributed by atoms with E-state index < -0.39 is 5.82 Å². The van der Waals surface area contributed by atoms with Crippen LogP contribution in [0.4, 0.5) is 10.3 Å². The van der Waals surface area contributed by atoms with Gasteiger partial charge in [-0.2, -0.15) is 5.26 Å². The summed E-state index contributed by atoms with van der Waals surface area (Å²) < 4.78 is 19.1. The third kappa shape index (κ3) is 3.66. The number of halogens is 1. The average molecular weight is 353 g/mol. The van der Waals surface area contributed by atoms with E-state index in [1.54, 1.807) is 0 Å². The molecule has 26 heavy (non-hydrogen) atoms. The monoisotopic (exact) mass is 353 g/mol. The maximum absolute atomic E-state index is 13.0. The van der Waals surface area contributed by atoms with Gasteiger partial charge in [-0.15, -0.1) is 0 Å². The first kappa shape index (κ1) is 16.9. The van der Waals surface area contributed by atoms with E-state index >= 15 is 0 Å². The number of ether oxygens (including phenoxy) is 1. The number of benzene rings is 1. The largest absolute Gasteiger partial charge is 0.372 e. The van der Waals surface area contributed by atoms with Gasteiger partial charge in [-0.25, -0.2) is 14.4 Å². The second-order valence-corrected chi connectivity index (χ2v) is 6.77. The second kappa shape index (κ2) is 7.36. The summed E-state index contributed by atoms with van der Waals surface area (Å²) in [7, 11) is 0. The van der Waals surface area contributed by atoms with Gasteiger partial charge in [0.25, 0.3) is 0 Å². The second-order valence-electron chi connectivity index (χ2n) is 6.77. The van der Waals surface area contributed by atoms with Crippen molar-refractivity contribution in [2.45, 2.75) is 25.2 Å². The van der Waals surface area contributed by atoms with Gasteiger partial charge < -0.3 is 9.64 Å². The summed E-state index contributed by atoms with van der Waals surface area (Å²) in [4.78, 5) is 12.7. The van der Waals surface area contributed by atoms with Gasteiger partial charge in [-0.3, -0.25) is 4.90 Å². The van der Waals surface area contributed by atoms with E-state index in [1.165, 1.54) is 12.4 Å². The molecule has 4 rings (SSSR count). The van der Waals surface area contributed by atoms with Crippen molar-refractivity contribution in [3.8, 4) is 6.07 Å². The predicted molar refractivity (Wildman–Crippen MR) is 93.9 cm³/mol. The molecule has 3 heterocycles. The Kier molecular flexibility index (Phi) is 4.78. The minimum absolute atomic E-state index is 0.199. The molecular formula is C19H20FN5O. The molecular weight excluding hydrogens is 333 g/mol. The van der Waals surface area contributed by atoms with Gasteiger partial charge in [-0.1, -0.05) is 12.1 Å². The highest BCUT2D eigenvalue weighted by molar-refractivity contribution is 5.32. The number of hydrogen-bond acceptors (Lipinski definition) is 6. The van der Waals surface area contributed by atoms with E-state index in [4.69, 9.17) is 10.00 Å². The molecule has 0 bridgehead atoms. The number of aromatic nitrogens is 2. The molecule has 1 aromatic carbocycles. The van der Waals surface area contributed by atoms with Crippen LogP contribution in [0.2, 0.25) is 0 Å². The van der Waals surface area contributed by atoms with Crippen LogP contribution in [0, 0.1) is 17.1 Å². The maximum atomic E-state index is 13.0. The van der Waals surface area contributed by atoms with Crippen LogP contribution < -0.4 is 4.90 Å². The summed E-state index contributed by atoms with van der Waals surface area (Å²) in [6, 6.07) is 10.0. The summed E-state index contributed by atoms with van der Waals surface area (Å²) in [5, 5.41) is 8.85. The molecule has 2 aliphatic rings. The van der Waals surface area contributed by atoms with E-state index in [0.717, 1.165) is 38.2 Å². The zero-order valence-electron chi connectivity index (χ0n) is 14.4. The van der Waals surface area contributed by atoms with Gasteiger partial charge in [0, 0.05) is 32.2 Å². The van der Waals surface area contributed by atoms with Crippen molar-refractivity contribution in [3.63, 3.8) is 0 Å². The highest BCUT2D eigenvalue weighted by Crippen LogP contribution is 2.26. The van der Waals surface area contributed by atoms with Gasteiger partial charge in [0.05, 0.1) is 36.7 Å². The Labute approximate surface area is 151 Å². The van der Waals surface area contributed by atoms with Crippen molar-refractivity contribution < 1.29 is 9.13 Å². The van der Waals surface area contributed by atoms with Crippen LogP contribution in [0.25, 0.3) is 0 Å². The SMILES string of the molecule is N#Cc1ccc(CO[C@H]2C[C@H]3CN(c4ncc(F)cn4)CCN3C2)cc1. The number of nitrogens with zero attached hydrogens (tertiary/aromatic N) is 5. The lowest BCUT2D eigenvalue weighted by atomic mass is 10.1. The van der Waals surface area contributed by atoms with Gasteiger partial charge in [0.1, 0.15) is 0 Å². The van der Waals surface area contributed by atoms with Crippen molar-refractivity contribution in [1.82, 2.24) is 14.9 Å². The third-order valence-corrected chi connectivity index (χ3v) is 5.04. The fourth-order valence-corrected chi connectivity index (χ4v) is 3.66. The zero-order valence-corrected chi connectivity index (χ0v) is 14.4. The molecule has 0 N–H and O–H groups in total. The van der Waals surface area contributed by atoms with E-state index in [2.05, 4.69) is 25.8 Å². The van der Waals surface area contributed by atoms with Crippen molar-refractivity contribution in [3.05, 3.63) is 53.6 Å². The number of hydrogen-bond donors (Lipinski definition) is 0. The first-order chi connectivity index (χ1) is 12.7. The van der Waals surface area contributed by atoms with Crippen LogP contribution in [-0.4, -0.2) is 53.2 Å². The molecule has 2 aromatic rings. The Morgan fingerprint density at radius 1 is 1.15 bits per heavy atom. The molecule has 2 aliphatic heterocycles. The molecule has 7 heteroatoms. The summed E-state index contributed by atoms with van der Waals surface area (Å²) in [5.41, 5.74) is 1.74. The molecule has 1 aromatic heterocycles. The average Bonchev–Trinajstić information content (AvgIpc) is 3.09. The smallest absolute Gasteiger partial charge is 0.225 e. The van der Waals surface area contributed by atoms with Gasteiger partial charge in [0.15, 0.2) is 5.82 Å². The highest BCUT2D eigenvalue weighted by Gasteiger charge is 2.37. The first-order valence-corrected chi connectivity index (χ1v) is 8.78. The lowest BCUT2D eigenvalue weighted by molar-refractivity contribution is 0.0469. The summed E-state index contributed by atoms with van der Waals surface area (Å²) in [6.07, 6.45) is 3.60. The number of piperazine rings is 1. The van der Waals surface area contributed by atoms with E-state index in [9.17, 15) is 4.39 Å². The molecule has 2 fully saturated rings. The molecule has 134 valence electrons. The molecule has 2 saturated heterocycles. The summed E-state index contributed by atoms with van der Waals surface area (Å²) in [5.74, 6) is 0.178. The highest BCUT2D eigenvalue weighted by atomic mass is 19.1. The quantitative estimate of drug-likeness (QED) is 0.837. The molecule has 0 aliphatic carbocycles. The lowest BCUT2D eigenvalue weighted by Crippen LogP contribution is -2.50. The number of fused-ring (bicyclic) bond motifs is 1. The number of nitriles is 1. The van der Waals surface area contributed by atoms with Crippen LogP contribution >= 0.6 is 0 Å². The van der Waals surface area contributed by atoms with Crippen molar-refractivity contribution >= 4 is 5.95 Å². The van der Waals surface area contributed by atoms with Gasteiger partial charge in [0.2, 0.25) is 5.95 Å². The normalized spacial score (nSPS) is 22.8. The van der Waals surface area contributed by atoms with Crippen LogP contribution in [0.1, 0.15) is 17.5 Å². The Hall–Kier alpha value is -2.56. The maximum Gasteiger partial charge on any atom is 0.225 e. The van der Waals surface area contributed by atoms with Gasteiger partial charge in [-0.05, 0) is 24.1 Å². The minimum atomic E-state index is -0.412. The van der Waals surface area contributed by atoms with E-state index in [0.29, 0.717) is 24.2 Å². The van der Waals surface area contributed by atoms with Crippen LogP contribution in [0.5, 0.6) is 0 Å². The molecule has 2 atom stereocenters. The third-order valence-electron chi connectivity index (χ3n) is 5.04. The Morgan fingerprint density at radius 3 is 2.65 bits per heavy atom. The molecule has 0 saturated carbocycles. The zero-order chi connectivity index (χ0) is 17.9. The molecule has 0 radical (unpaired) electrons. The Bertz CT molecular complexity index is 789. The van der Waals surface area contributed by atoms with Gasteiger partial charge >= 0.3 is 0 Å². The fraction of sp³-hybridized carbons (Fsp3) is 0.421. The number of rotatable bonds is 4. The van der Waals surface area contributed by atoms with Crippen LogP contribution in [0.15, 0.2) is 36.7 Å². The molecule has 0 spiro atoms. The lowest BCUT2D eigenvalue weighted by Gasteiger charge is -2.37. The minimum Gasteiger partial charge on any atom is -0.372 e. The first-order valence-electron chi connectivity index (χ1n) is 8.78. The van der Waals surface area contributed by atoms with Crippen molar-refractivity contribution in [2.24, 2.45) is 0 Å². The Morgan fingerprint density at radius 2 is 1.92 bits per heavy atom. The molecule has 0 unspecified atom stereocenters. The standard InChI is InChI=1S/C19H20FN5O/c20-16-9-22-19(23-10-16)25-6-5-24-12-18(7-17(24)11-25)26-13-15-3-1-14(8-21)2-4-15/h1-4,9-10,17-18H,5-7,11-13H2/t17-,18-/m0/s1. The van der Waals surface area contributed by atoms with Crippen LogP contribution in [-0.2, 0) is 11.3 Å². The molecule has 6 nitrogen and oxygen atoms in total. The van der Waals surface area contributed by atoms with E-state index in [1.807, 2.05) is 24.3 Å². The Balaban J connectivity index is 1.31. The number of anilines is 1. The topological polar surface area (TPSA) is 65.3 Å². The summed E-state index contributed by atoms with van der Waals surface area (Å²) >= 11 is 0. The van der Waals surface area contributed by atoms with Crippen molar-refractivity contribution in [2.75, 3.05) is 31.1 Å². The van der Waals surface area contributed by atoms with Crippen LogP contribution in [0.3, 0.4) is 0 Å². The molecule has 0 amide bonds. The predicted octanol–water partition coefficient (Wildman–Crippen LogP) is 1.97. The van der Waals surface area contributed by atoms with E-state index in [-0.39, 0.29) is 6.10 Å². The fourth-order valence-electron chi connectivity index (χ4n) is 3.66. The van der Waals surface area contributed by atoms with Crippen molar-refractivity contribution in [1.29, 1.82) is 5.26 Å². The summed E-state index contributed by atoms with van der Waals surface area (Å²) in [6.45, 7) is 4.09.